The van der Waals surface area contributed by atoms with Gasteiger partial charge >= 0.3 is 6.18 Å². The smallest absolute Gasteiger partial charge is 0.418 e. The second-order valence-corrected chi connectivity index (χ2v) is 9.01. The van der Waals surface area contributed by atoms with Gasteiger partial charge < -0.3 is 15.0 Å². The van der Waals surface area contributed by atoms with Crippen LogP contribution in [-0.2, 0) is 11.0 Å². The fraction of sp³-hybridized carbons (Fsp3) is 0.462. The Balaban J connectivity index is 1.77. The van der Waals surface area contributed by atoms with E-state index >= 15 is 0 Å². The van der Waals surface area contributed by atoms with Gasteiger partial charge in [0.25, 0.3) is 5.91 Å². The van der Waals surface area contributed by atoms with Crippen molar-refractivity contribution in [2.75, 3.05) is 38.2 Å². The third-order valence-electron chi connectivity index (χ3n) is 6.35. The van der Waals surface area contributed by atoms with E-state index in [-0.39, 0.29) is 11.3 Å². The second-order valence-electron chi connectivity index (χ2n) is 9.01. The molecule has 190 valence electrons. The van der Waals surface area contributed by atoms with E-state index in [4.69, 9.17) is 4.74 Å². The summed E-state index contributed by atoms with van der Waals surface area (Å²) in [5.74, 6) is -0.410. The molecule has 35 heavy (non-hydrogen) atoms. The number of likely N-dealkylation sites (tertiary alicyclic amines) is 1. The lowest BCUT2D eigenvalue weighted by molar-refractivity contribution is -0.137. The Morgan fingerprint density at radius 3 is 2.29 bits per heavy atom. The minimum atomic E-state index is -4.68. The van der Waals surface area contributed by atoms with Crippen molar-refractivity contribution in [3.05, 3.63) is 59.7 Å². The number of halogens is 3. The van der Waals surface area contributed by atoms with E-state index in [2.05, 4.69) is 24.1 Å². The molecule has 1 fully saturated rings. The van der Waals surface area contributed by atoms with Crippen LogP contribution < -0.4 is 15.0 Å². The molecule has 1 saturated heterocycles. The number of benzene rings is 2. The quantitative estimate of drug-likeness (QED) is 0.587. The van der Waals surface area contributed by atoms with Gasteiger partial charge in [0.2, 0.25) is 5.91 Å². The van der Waals surface area contributed by atoms with Crippen LogP contribution in [0.25, 0.3) is 0 Å². The van der Waals surface area contributed by atoms with Crippen LogP contribution in [0.4, 0.5) is 18.9 Å². The zero-order chi connectivity index (χ0) is 25.6. The molecule has 1 N–H and O–H groups in total. The molecule has 1 heterocycles. The van der Waals surface area contributed by atoms with Gasteiger partial charge in [0.1, 0.15) is 12.3 Å². The summed E-state index contributed by atoms with van der Waals surface area (Å²) in [4.78, 5) is 29.4. The topological polar surface area (TPSA) is 61.9 Å². The lowest BCUT2D eigenvalue weighted by atomic mass is 9.96. The minimum absolute atomic E-state index is 0.150. The van der Waals surface area contributed by atoms with Crippen molar-refractivity contribution in [1.82, 2.24) is 10.2 Å². The Kier molecular flexibility index (Phi) is 8.77. The van der Waals surface area contributed by atoms with Crippen LogP contribution in [-0.4, -0.2) is 56.0 Å². The van der Waals surface area contributed by atoms with Gasteiger partial charge in [0.15, 0.2) is 0 Å². The Labute approximate surface area is 204 Å². The molecule has 3 rings (SSSR count). The number of methoxy groups -OCH3 is 1. The van der Waals surface area contributed by atoms with Crippen molar-refractivity contribution in [2.45, 2.75) is 38.9 Å². The molecule has 0 bridgehead atoms. The van der Waals surface area contributed by atoms with Gasteiger partial charge in [-0.3, -0.25) is 14.5 Å². The van der Waals surface area contributed by atoms with E-state index in [0.29, 0.717) is 24.3 Å². The van der Waals surface area contributed by atoms with E-state index in [0.717, 1.165) is 36.9 Å². The molecule has 9 heteroatoms. The summed E-state index contributed by atoms with van der Waals surface area (Å²) in [5, 5.41) is 2.83. The van der Waals surface area contributed by atoms with Crippen LogP contribution in [0.1, 0.15) is 42.6 Å². The van der Waals surface area contributed by atoms with E-state index in [1.165, 1.54) is 37.4 Å². The van der Waals surface area contributed by atoms with Gasteiger partial charge in [-0.15, -0.1) is 0 Å². The highest BCUT2D eigenvalue weighted by atomic mass is 19.4. The summed E-state index contributed by atoms with van der Waals surface area (Å²) in [7, 11) is 1.47. The molecular formula is C26H32F3N3O3. The Morgan fingerprint density at radius 1 is 1.09 bits per heavy atom. The minimum Gasteiger partial charge on any atom is -0.497 e. The van der Waals surface area contributed by atoms with Crippen molar-refractivity contribution in [3.8, 4) is 5.75 Å². The van der Waals surface area contributed by atoms with E-state index in [9.17, 15) is 22.8 Å². The monoisotopic (exact) mass is 491 g/mol. The standard InChI is InChI=1S/C26H32F3N3O3/c1-18(2)31-14-12-19(13-15-31)16-30-24(33)17-32(23-7-5-4-6-22(23)26(27,28)29)25(34)20-8-10-21(35-3)11-9-20/h4-11,18-19H,12-17H2,1-3H3,(H,30,33). The SMILES string of the molecule is COc1ccc(C(=O)N(CC(=O)NCC2CCN(C(C)C)CC2)c2ccccc2C(F)(F)F)cc1. The molecule has 0 aromatic heterocycles. The number of ether oxygens (including phenoxy) is 1. The van der Waals surface area contributed by atoms with Crippen molar-refractivity contribution in [1.29, 1.82) is 0 Å². The molecule has 0 atom stereocenters. The summed E-state index contributed by atoms with van der Waals surface area (Å²) in [6, 6.07) is 11.3. The molecular weight excluding hydrogens is 459 g/mol. The third-order valence-corrected chi connectivity index (χ3v) is 6.35. The van der Waals surface area contributed by atoms with Crippen LogP contribution in [0.2, 0.25) is 0 Å². The van der Waals surface area contributed by atoms with Gasteiger partial charge in [-0.05, 0) is 82.1 Å². The maximum Gasteiger partial charge on any atom is 0.418 e. The number of anilines is 1. The number of nitrogens with zero attached hydrogens (tertiary/aromatic N) is 2. The molecule has 2 aromatic rings. The summed E-state index contributed by atoms with van der Waals surface area (Å²) < 4.78 is 46.3. The molecule has 0 saturated carbocycles. The molecule has 1 aliphatic rings. The molecule has 0 aliphatic carbocycles. The van der Waals surface area contributed by atoms with Crippen molar-refractivity contribution < 1.29 is 27.5 Å². The van der Waals surface area contributed by atoms with Gasteiger partial charge in [-0.2, -0.15) is 13.2 Å². The van der Waals surface area contributed by atoms with Crippen molar-refractivity contribution in [2.24, 2.45) is 5.92 Å². The highest BCUT2D eigenvalue weighted by molar-refractivity contribution is 6.09. The number of amides is 2. The van der Waals surface area contributed by atoms with Crippen LogP contribution in [0.5, 0.6) is 5.75 Å². The number of nitrogens with one attached hydrogen (secondary N) is 1. The number of carbonyl (C=O) groups excluding carboxylic acids is 2. The Morgan fingerprint density at radius 2 is 1.71 bits per heavy atom. The zero-order valence-corrected chi connectivity index (χ0v) is 20.3. The molecule has 0 radical (unpaired) electrons. The normalized spacial score (nSPS) is 15.2. The first-order chi connectivity index (χ1) is 16.6. The van der Waals surface area contributed by atoms with Crippen molar-refractivity contribution in [3.63, 3.8) is 0 Å². The number of rotatable bonds is 8. The zero-order valence-electron chi connectivity index (χ0n) is 20.3. The Hall–Kier alpha value is -3.07. The van der Waals surface area contributed by atoms with Crippen LogP contribution in [0.3, 0.4) is 0 Å². The summed E-state index contributed by atoms with van der Waals surface area (Å²) in [5.41, 5.74) is -1.19. The molecule has 0 unspecified atom stereocenters. The van der Waals surface area contributed by atoms with Gasteiger partial charge in [-0.1, -0.05) is 12.1 Å². The van der Waals surface area contributed by atoms with Gasteiger partial charge in [0.05, 0.1) is 18.4 Å². The third kappa shape index (κ3) is 6.97. The molecule has 6 nitrogen and oxygen atoms in total. The fourth-order valence-corrected chi connectivity index (χ4v) is 4.24. The number of hydrogen-bond donors (Lipinski definition) is 1. The van der Waals surface area contributed by atoms with Crippen LogP contribution >= 0.6 is 0 Å². The van der Waals surface area contributed by atoms with Gasteiger partial charge in [0, 0.05) is 18.2 Å². The van der Waals surface area contributed by atoms with Gasteiger partial charge in [-0.25, -0.2) is 0 Å². The summed E-state index contributed by atoms with van der Waals surface area (Å²) in [6.07, 6.45) is -2.82. The average Bonchev–Trinajstić information content (AvgIpc) is 2.85. The molecule has 0 spiro atoms. The summed E-state index contributed by atoms with van der Waals surface area (Å²) in [6.45, 7) is 6.09. The predicted octanol–water partition coefficient (Wildman–Crippen LogP) is 4.60. The van der Waals surface area contributed by atoms with Crippen molar-refractivity contribution >= 4 is 17.5 Å². The molecule has 2 aromatic carbocycles. The first-order valence-corrected chi connectivity index (χ1v) is 11.7. The molecule has 2 amide bonds. The predicted molar refractivity (Wildman–Crippen MR) is 129 cm³/mol. The molecule has 1 aliphatic heterocycles. The van der Waals surface area contributed by atoms with E-state index in [1.54, 1.807) is 12.1 Å². The first kappa shape index (κ1) is 26.5. The maximum absolute atomic E-state index is 13.7. The highest BCUT2D eigenvalue weighted by Gasteiger charge is 2.36. The first-order valence-electron chi connectivity index (χ1n) is 11.7. The lowest BCUT2D eigenvalue weighted by Crippen LogP contribution is -2.45. The summed E-state index contributed by atoms with van der Waals surface area (Å²) >= 11 is 0. The fourth-order valence-electron chi connectivity index (χ4n) is 4.24. The number of hydrogen-bond acceptors (Lipinski definition) is 4. The number of carbonyl (C=O) groups is 2. The van der Waals surface area contributed by atoms with Crippen LogP contribution in [0.15, 0.2) is 48.5 Å². The van der Waals surface area contributed by atoms with E-state index < -0.39 is 30.1 Å². The number of alkyl halides is 3. The second kappa shape index (κ2) is 11.6. The Bertz CT molecular complexity index is 1000. The van der Waals surface area contributed by atoms with E-state index in [1.807, 2.05) is 0 Å². The average molecular weight is 492 g/mol. The number of para-hydroxylation sites is 1. The lowest BCUT2D eigenvalue weighted by Gasteiger charge is -2.34. The van der Waals surface area contributed by atoms with Crippen LogP contribution in [0, 0.1) is 5.92 Å². The maximum atomic E-state index is 13.7. The largest absolute Gasteiger partial charge is 0.497 e. The number of piperidine rings is 1. The highest BCUT2D eigenvalue weighted by Crippen LogP contribution is 2.37.